The predicted molar refractivity (Wildman–Crippen MR) is 166 cm³/mol. The molecule has 1 aliphatic carbocycles. The molecule has 4 aromatic rings. The van der Waals surface area contributed by atoms with Gasteiger partial charge in [-0.2, -0.15) is 5.10 Å². The third kappa shape index (κ3) is 6.28. The fraction of sp³-hybridized carbons (Fsp3) is 0.455. The average molecular weight is 621 g/mol. The molecule has 0 radical (unpaired) electrons. The normalized spacial score (nSPS) is 20.7. The number of ether oxygens (including phenoxy) is 1. The lowest BCUT2D eigenvalue weighted by Gasteiger charge is -2.28. The highest BCUT2D eigenvalue weighted by molar-refractivity contribution is 6.00. The lowest BCUT2D eigenvalue weighted by atomic mass is 9.86. The van der Waals surface area contributed by atoms with Gasteiger partial charge in [0.05, 0.1) is 22.8 Å². The summed E-state index contributed by atoms with van der Waals surface area (Å²) in [6.07, 6.45) is 4.67. The van der Waals surface area contributed by atoms with Gasteiger partial charge >= 0.3 is 5.69 Å². The number of carbonyl (C=O) groups excluding carboxylic acids is 2. The molecule has 0 spiro atoms. The molecule has 2 aromatic heterocycles. The Morgan fingerprint density at radius 1 is 1.07 bits per heavy atom. The van der Waals surface area contributed by atoms with Gasteiger partial charge in [0, 0.05) is 38.4 Å². The number of hydrogen-bond donors (Lipinski definition) is 2. The molecule has 0 bridgehead atoms. The molecule has 45 heavy (non-hydrogen) atoms. The molecule has 2 aliphatic rings. The number of fused-ring (bicyclic) bond motifs is 1. The van der Waals surface area contributed by atoms with Crippen molar-refractivity contribution in [3.05, 3.63) is 70.4 Å². The summed E-state index contributed by atoms with van der Waals surface area (Å²) in [5.74, 6) is -0.331. The van der Waals surface area contributed by atoms with Crippen LogP contribution in [0.3, 0.4) is 0 Å². The Morgan fingerprint density at radius 2 is 1.84 bits per heavy atom. The summed E-state index contributed by atoms with van der Waals surface area (Å²) in [7, 11) is 1.71. The summed E-state index contributed by atoms with van der Waals surface area (Å²) in [5, 5.41) is 6.37. The van der Waals surface area contributed by atoms with Crippen LogP contribution in [-0.2, 0) is 27.8 Å². The van der Waals surface area contributed by atoms with Crippen molar-refractivity contribution in [2.45, 2.75) is 69.9 Å². The summed E-state index contributed by atoms with van der Waals surface area (Å²) in [6, 6.07) is 13.3. The van der Waals surface area contributed by atoms with Gasteiger partial charge in [0.25, 0.3) is 6.43 Å². The van der Waals surface area contributed by atoms with Gasteiger partial charge in [0.2, 0.25) is 11.8 Å². The van der Waals surface area contributed by atoms with Gasteiger partial charge in [0.1, 0.15) is 6.04 Å². The van der Waals surface area contributed by atoms with Crippen LogP contribution in [0.1, 0.15) is 74.7 Å². The molecule has 1 saturated heterocycles. The van der Waals surface area contributed by atoms with E-state index in [1.165, 1.54) is 10.8 Å². The monoisotopic (exact) mass is 620 g/mol. The molecule has 1 saturated carbocycles. The molecule has 10 nitrogen and oxygen atoms in total. The van der Waals surface area contributed by atoms with Crippen molar-refractivity contribution in [3.63, 3.8) is 0 Å². The van der Waals surface area contributed by atoms with Crippen molar-refractivity contribution in [2.24, 2.45) is 13.0 Å². The quantitative estimate of drug-likeness (QED) is 0.188. The highest BCUT2D eigenvalue weighted by Gasteiger charge is 2.32. The maximum Gasteiger partial charge on any atom is 0.329 e. The standard InChI is InChI=1S/C33H38F2N6O4/c1-39-30-24(8-3-9-26(30)41(33(39)44)27-14-15-28(42)37-32(27)43)22-7-2-5-20(17-22)6-4-16-45-19-21-10-12-23(13-11-21)40-18-25(36)29(38-40)31(34)35/h2-3,5,7-9,17-18,21,23,27,31H,4,6,10-16,19,36H2,1H3,(H,37,42,43)/t21-,23-,27?. The van der Waals surface area contributed by atoms with E-state index in [2.05, 4.69) is 22.5 Å². The van der Waals surface area contributed by atoms with Gasteiger partial charge in [-0.25, -0.2) is 13.6 Å². The number of nitrogens with one attached hydrogen (secondary N) is 1. The van der Waals surface area contributed by atoms with E-state index in [1.807, 2.05) is 30.3 Å². The van der Waals surface area contributed by atoms with Crippen molar-refractivity contribution in [2.75, 3.05) is 18.9 Å². The van der Waals surface area contributed by atoms with Crippen LogP contribution < -0.4 is 16.7 Å². The van der Waals surface area contributed by atoms with E-state index in [9.17, 15) is 23.2 Å². The lowest BCUT2D eigenvalue weighted by molar-refractivity contribution is -0.135. The Labute approximate surface area is 259 Å². The number of piperidine rings is 1. The highest BCUT2D eigenvalue weighted by atomic mass is 19.3. The minimum Gasteiger partial charge on any atom is -0.396 e. The Balaban J connectivity index is 1.04. The van der Waals surface area contributed by atoms with E-state index in [4.69, 9.17) is 10.5 Å². The summed E-state index contributed by atoms with van der Waals surface area (Å²) in [6.45, 7) is 1.31. The number of aromatic nitrogens is 4. The third-order valence-electron chi connectivity index (χ3n) is 9.16. The number of benzene rings is 2. The zero-order chi connectivity index (χ0) is 31.7. The maximum absolute atomic E-state index is 13.3. The summed E-state index contributed by atoms with van der Waals surface area (Å²) in [5.41, 5.74) is 9.56. The van der Waals surface area contributed by atoms with Crippen molar-refractivity contribution >= 4 is 28.5 Å². The van der Waals surface area contributed by atoms with E-state index in [0.29, 0.717) is 24.6 Å². The van der Waals surface area contributed by atoms with Crippen LogP contribution in [0.25, 0.3) is 22.2 Å². The van der Waals surface area contributed by atoms with E-state index in [0.717, 1.165) is 60.7 Å². The minimum atomic E-state index is -2.66. The number of nitrogen functional groups attached to an aromatic ring is 1. The van der Waals surface area contributed by atoms with Crippen LogP contribution in [-0.4, -0.2) is 43.9 Å². The molecule has 3 heterocycles. The molecule has 12 heteroatoms. The molecule has 6 rings (SSSR count). The highest BCUT2D eigenvalue weighted by Crippen LogP contribution is 2.35. The zero-order valence-electron chi connectivity index (χ0n) is 25.3. The number of rotatable bonds is 10. The molecule has 2 amide bonds. The lowest BCUT2D eigenvalue weighted by Crippen LogP contribution is -2.44. The molecular weight excluding hydrogens is 582 g/mol. The first-order chi connectivity index (χ1) is 21.7. The number of amides is 2. The first-order valence-corrected chi connectivity index (χ1v) is 15.5. The molecule has 3 N–H and O–H groups in total. The summed E-state index contributed by atoms with van der Waals surface area (Å²) < 4.78 is 36.8. The first-order valence-electron chi connectivity index (χ1n) is 15.5. The zero-order valence-corrected chi connectivity index (χ0v) is 25.3. The third-order valence-corrected chi connectivity index (χ3v) is 9.16. The van der Waals surface area contributed by atoms with Gasteiger partial charge in [-0.15, -0.1) is 0 Å². The molecule has 1 atom stereocenters. The fourth-order valence-electron chi connectivity index (χ4n) is 6.78. The molecule has 1 aliphatic heterocycles. The van der Waals surface area contributed by atoms with Crippen LogP contribution in [0.15, 0.2) is 53.5 Å². The molecule has 2 fully saturated rings. The van der Waals surface area contributed by atoms with Crippen LogP contribution >= 0.6 is 0 Å². The number of hydrogen-bond acceptors (Lipinski definition) is 6. The molecular formula is C33H38F2N6O4. The second kappa shape index (κ2) is 13.0. The van der Waals surface area contributed by atoms with Gasteiger partial charge in [-0.1, -0.05) is 36.4 Å². The summed E-state index contributed by atoms with van der Waals surface area (Å²) >= 11 is 0. The molecule has 1 unspecified atom stereocenters. The van der Waals surface area contributed by atoms with Gasteiger partial charge in [-0.05, 0) is 68.1 Å². The summed E-state index contributed by atoms with van der Waals surface area (Å²) in [4.78, 5) is 37.6. The van der Waals surface area contributed by atoms with Crippen LogP contribution in [0.4, 0.5) is 14.5 Å². The van der Waals surface area contributed by atoms with Crippen LogP contribution in [0, 0.1) is 5.92 Å². The fourth-order valence-corrected chi connectivity index (χ4v) is 6.78. The average Bonchev–Trinajstić information content (AvgIpc) is 3.54. The van der Waals surface area contributed by atoms with Crippen molar-refractivity contribution in [3.8, 4) is 11.1 Å². The number of imidazole rings is 1. The van der Waals surface area contributed by atoms with Crippen molar-refractivity contribution < 1.29 is 23.1 Å². The van der Waals surface area contributed by atoms with Crippen LogP contribution in [0.5, 0.6) is 0 Å². The number of nitrogens with two attached hydrogens (primary N) is 1. The number of carbonyl (C=O) groups is 2. The second-order valence-electron chi connectivity index (χ2n) is 12.2. The number of aryl methyl sites for hydroxylation is 2. The number of alkyl halides is 2. The number of halogens is 2. The van der Waals surface area contributed by atoms with Crippen molar-refractivity contribution in [1.29, 1.82) is 0 Å². The van der Waals surface area contributed by atoms with Crippen molar-refractivity contribution in [1.82, 2.24) is 24.2 Å². The number of imide groups is 1. The molecule has 2 aromatic carbocycles. The van der Waals surface area contributed by atoms with Gasteiger partial charge < -0.3 is 10.5 Å². The number of para-hydroxylation sites is 1. The topological polar surface area (TPSA) is 126 Å². The maximum atomic E-state index is 13.3. The SMILES string of the molecule is Cn1c(=O)n(C2CCC(=O)NC2=O)c2cccc(-c3cccc(CCCOC[C@H]4CC[C@H](n5cc(N)c(C(F)F)n5)CC4)c3)c21. The van der Waals surface area contributed by atoms with Gasteiger partial charge in [-0.3, -0.25) is 28.7 Å². The Morgan fingerprint density at radius 3 is 2.58 bits per heavy atom. The van der Waals surface area contributed by atoms with E-state index >= 15 is 0 Å². The molecule has 238 valence electrons. The smallest absolute Gasteiger partial charge is 0.329 e. The van der Waals surface area contributed by atoms with E-state index in [1.54, 1.807) is 16.3 Å². The van der Waals surface area contributed by atoms with E-state index in [-0.39, 0.29) is 41.9 Å². The minimum absolute atomic E-state index is 0.0486. The number of anilines is 1. The Bertz CT molecular complexity index is 1770. The second-order valence-corrected chi connectivity index (χ2v) is 12.2. The van der Waals surface area contributed by atoms with Crippen LogP contribution in [0.2, 0.25) is 0 Å². The van der Waals surface area contributed by atoms with Gasteiger partial charge in [0.15, 0.2) is 5.69 Å². The largest absolute Gasteiger partial charge is 0.396 e. The van der Waals surface area contributed by atoms with E-state index < -0.39 is 18.4 Å². The predicted octanol–water partition coefficient (Wildman–Crippen LogP) is 5.08. The first kappa shape index (κ1) is 30.7. The number of nitrogens with zero attached hydrogens (tertiary/aromatic N) is 4. The Hall–Kier alpha value is -4.32. The Kier molecular flexibility index (Phi) is 8.84.